The number of fused-ring (bicyclic) bond motifs is 4. The summed E-state index contributed by atoms with van der Waals surface area (Å²) in [7, 11) is 0. The molecule has 0 saturated carbocycles. The molecule has 0 saturated heterocycles. The summed E-state index contributed by atoms with van der Waals surface area (Å²) in [6, 6.07) is 10.4. The molecule has 2 N–H and O–H groups in total. The van der Waals surface area contributed by atoms with Crippen LogP contribution < -0.4 is 5.73 Å². The Kier molecular flexibility index (Phi) is 4.00. The van der Waals surface area contributed by atoms with Crippen molar-refractivity contribution in [3.05, 3.63) is 48.5 Å². The molecule has 3 aromatic heterocycles. The van der Waals surface area contributed by atoms with Crippen LogP contribution in [-0.2, 0) is 13.0 Å². The Hall–Kier alpha value is -2.95. The summed E-state index contributed by atoms with van der Waals surface area (Å²) in [5.41, 5.74) is 11.9. The maximum absolute atomic E-state index is 6.34. The molecule has 0 amide bonds. The molecule has 5 rings (SSSR count). The van der Waals surface area contributed by atoms with E-state index in [-0.39, 0.29) is 0 Å². The molecular weight excluding hydrogens is 334 g/mol. The highest BCUT2D eigenvalue weighted by Crippen LogP contribution is 2.38. The van der Waals surface area contributed by atoms with Gasteiger partial charge >= 0.3 is 0 Å². The monoisotopic (exact) mass is 357 g/mol. The summed E-state index contributed by atoms with van der Waals surface area (Å²) in [4.78, 5) is 13.6. The molecule has 0 fully saturated rings. The second-order valence-corrected chi connectivity index (χ2v) is 7.37. The second kappa shape index (κ2) is 6.65. The van der Waals surface area contributed by atoms with E-state index in [1.54, 1.807) is 6.33 Å². The lowest BCUT2D eigenvalue weighted by molar-refractivity contribution is 0.593. The molecule has 0 spiro atoms. The molecule has 1 aromatic carbocycles. The van der Waals surface area contributed by atoms with Crippen LogP contribution in [0.1, 0.15) is 37.8 Å². The quantitative estimate of drug-likeness (QED) is 0.534. The van der Waals surface area contributed by atoms with Crippen molar-refractivity contribution in [1.29, 1.82) is 0 Å². The number of benzene rings is 1. The van der Waals surface area contributed by atoms with E-state index in [9.17, 15) is 0 Å². The Morgan fingerprint density at radius 3 is 2.74 bits per heavy atom. The van der Waals surface area contributed by atoms with Gasteiger partial charge in [-0.2, -0.15) is 0 Å². The highest BCUT2D eigenvalue weighted by Gasteiger charge is 2.22. The van der Waals surface area contributed by atoms with Crippen LogP contribution in [0.25, 0.3) is 33.1 Å². The van der Waals surface area contributed by atoms with Gasteiger partial charge in [-0.05, 0) is 31.4 Å². The third-order valence-corrected chi connectivity index (χ3v) is 5.65. The molecule has 1 aliphatic heterocycles. The topological polar surface area (TPSA) is 69.6 Å². The zero-order chi connectivity index (χ0) is 18.2. The van der Waals surface area contributed by atoms with E-state index < -0.39 is 0 Å². The molecule has 4 heterocycles. The number of aryl methyl sites for hydroxylation is 1. The van der Waals surface area contributed by atoms with Gasteiger partial charge < -0.3 is 10.3 Å². The number of nitrogen functional groups attached to an aromatic ring is 1. The van der Waals surface area contributed by atoms with Crippen LogP contribution in [0.3, 0.4) is 0 Å². The summed E-state index contributed by atoms with van der Waals surface area (Å²) < 4.78 is 2.38. The molecule has 0 bridgehead atoms. The number of hydrogen-bond acceptors (Lipinski definition) is 4. The van der Waals surface area contributed by atoms with E-state index in [1.165, 1.54) is 43.4 Å². The number of nitrogens with two attached hydrogens (primary N) is 1. The van der Waals surface area contributed by atoms with E-state index in [4.69, 9.17) is 10.7 Å². The first-order valence-electron chi connectivity index (χ1n) is 9.79. The van der Waals surface area contributed by atoms with Crippen LogP contribution in [0.4, 0.5) is 5.82 Å². The highest BCUT2D eigenvalue weighted by molar-refractivity contribution is 6.03. The highest BCUT2D eigenvalue weighted by atomic mass is 15.1. The molecule has 0 aliphatic carbocycles. The second-order valence-electron chi connectivity index (χ2n) is 7.37. The predicted molar refractivity (Wildman–Crippen MR) is 109 cm³/mol. The van der Waals surface area contributed by atoms with Gasteiger partial charge in [0.2, 0.25) is 0 Å². The lowest BCUT2D eigenvalue weighted by atomic mass is 10.00. The van der Waals surface area contributed by atoms with Crippen molar-refractivity contribution in [1.82, 2.24) is 19.5 Å². The van der Waals surface area contributed by atoms with Gasteiger partial charge in [-0.15, -0.1) is 0 Å². The first-order chi connectivity index (χ1) is 13.3. The average molecular weight is 357 g/mol. The Labute approximate surface area is 158 Å². The van der Waals surface area contributed by atoms with Gasteiger partial charge in [0.05, 0.1) is 10.9 Å². The van der Waals surface area contributed by atoms with Crippen molar-refractivity contribution in [3.8, 4) is 11.1 Å². The maximum Gasteiger partial charge on any atom is 0.146 e. The number of hydrogen-bond donors (Lipinski definition) is 1. The predicted octanol–water partition coefficient (Wildman–Crippen LogP) is 4.74. The molecule has 4 aromatic rings. The fraction of sp³-hybridized carbons (Fsp3) is 0.318. The third kappa shape index (κ3) is 2.74. The molecule has 0 unspecified atom stereocenters. The lowest BCUT2D eigenvalue weighted by Crippen LogP contribution is -2.04. The lowest BCUT2D eigenvalue weighted by Gasteiger charge is -2.10. The number of para-hydroxylation sites is 1. The van der Waals surface area contributed by atoms with E-state index in [0.29, 0.717) is 5.82 Å². The van der Waals surface area contributed by atoms with Gasteiger partial charge in [0.1, 0.15) is 17.8 Å². The SMILES string of the molecule is Nc1ncnc2c1c(-c1cnc3ccccc3c1)c1n2CCCCCCC1. The van der Waals surface area contributed by atoms with Crippen molar-refractivity contribution >= 4 is 27.8 Å². The van der Waals surface area contributed by atoms with Crippen LogP contribution in [0, 0.1) is 0 Å². The molecule has 0 atom stereocenters. The van der Waals surface area contributed by atoms with Gasteiger partial charge in [0, 0.05) is 34.9 Å². The summed E-state index contributed by atoms with van der Waals surface area (Å²) in [5, 5.41) is 2.12. The average Bonchev–Trinajstić information content (AvgIpc) is 3.06. The van der Waals surface area contributed by atoms with Gasteiger partial charge in [0.15, 0.2) is 0 Å². The normalized spacial score (nSPS) is 15.3. The summed E-state index contributed by atoms with van der Waals surface area (Å²) in [6.45, 7) is 0.989. The van der Waals surface area contributed by atoms with Crippen molar-refractivity contribution in [2.75, 3.05) is 5.73 Å². The van der Waals surface area contributed by atoms with Gasteiger partial charge in [-0.25, -0.2) is 9.97 Å². The van der Waals surface area contributed by atoms with Crippen molar-refractivity contribution in [3.63, 3.8) is 0 Å². The van der Waals surface area contributed by atoms with Gasteiger partial charge in [-0.1, -0.05) is 37.5 Å². The first-order valence-corrected chi connectivity index (χ1v) is 9.79. The van der Waals surface area contributed by atoms with Crippen molar-refractivity contribution in [2.24, 2.45) is 0 Å². The molecule has 5 nitrogen and oxygen atoms in total. The minimum atomic E-state index is 0.556. The molecule has 136 valence electrons. The fourth-order valence-electron chi connectivity index (χ4n) is 4.35. The van der Waals surface area contributed by atoms with Crippen molar-refractivity contribution in [2.45, 2.75) is 45.1 Å². The van der Waals surface area contributed by atoms with Crippen LogP contribution in [0.5, 0.6) is 0 Å². The maximum atomic E-state index is 6.34. The fourth-order valence-corrected chi connectivity index (χ4v) is 4.35. The molecule has 5 heteroatoms. The Morgan fingerprint density at radius 1 is 0.926 bits per heavy atom. The van der Waals surface area contributed by atoms with E-state index >= 15 is 0 Å². The van der Waals surface area contributed by atoms with Crippen LogP contribution >= 0.6 is 0 Å². The van der Waals surface area contributed by atoms with Gasteiger partial charge in [0.25, 0.3) is 0 Å². The Bertz CT molecular complexity index is 1130. The van der Waals surface area contributed by atoms with Crippen LogP contribution in [-0.4, -0.2) is 19.5 Å². The summed E-state index contributed by atoms with van der Waals surface area (Å²) in [6.07, 6.45) is 10.8. The number of pyridine rings is 1. The number of nitrogens with zero attached hydrogens (tertiary/aromatic N) is 4. The first kappa shape index (κ1) is 16.2. The zero-order valence-electron chi connectivity index (χ0n) is 15.4. The number of rotatable bonds is 1. The minimum Gasteiger partial charge on any atom is -0.383 e. The minimum absolute atomic E-state index is 0.556. The smallest absolute Gasteiger partial charge is 0.146 e. The molecule has 1 aliphatic rings. The zero-order valence-corrected chi connectivity index (χ0v) is 15.4. The standard InChI is InChI=1S/C22H23N5/c23-21-20-19(16-12-15-8-5-6-9-17(15)24-13-16)18-10-4-2-1-3-7-11-27(18)22(20)26-14-25-21/h5-6,8-9,12-14H,1-4,7,10-11H2,(H2,23,25,26). The number of anilines is 1. The molecule has 27 heavy (non-hydrogen) atoms. The van der Waals surface area contributed by atoms with Gasteiger partial charge in [-0.3, -0.25) is 4.98 Å². The Balaban J connectivity index is 1.81. The number of aromatic nitrogens is 4. The van der Waals surface area contributed by atoms with E-state index in [2.05, 4.69) is 32.7 Å². The molecular formula is C22H23N5. The van der Waals surface area contributed by atoms with E-state index in [0.717, 1.165) is 40.5 Å². The van der Waals surface area contributed by atoms with Crippen LogP contribution in [0.2, 0.25) is 0 Å². The summed E-state index contributed by atoms with van der Waals surface area (Å²) >= 11 is 0. The van der Waals surface area contributed by atoms with E-state index in [1.807, 2.05) is 18.3 Å². The van der Waals surface area contributed by atoms with Crippen LogP contribution in [0.15, 0.2) is 42.9 Å². The Morgan fingerprint density at radius 2 is 1.78 bits per heavy atom. The summed E-state index contributed by atoms with van der Waals surface area (Å²) in [5.74, 6) is 0.556. The third-order valence-electron chi connectivity index (χ3n) is 5.65. The molecule has 0 radical (unpaired) electrons. The van der Waals surface area contributed by atoms with Crippen molar-refractivity contribution < 1.29 is 0 Å². The largest absolute Gasteiger partial charge is 0.383 e.